The Morgan fingerprint density at radius 2 is 1.70 bits per heavy atom. The maximum absolute atomic E-state index is 12.2. The van der Waals surface area contributed by atoms with Gasteiger partial charge < -0.3 is 15.4 Å². The van der Waals surface area contributed by atoms with Gasteiger partial charge in [0.1, 0.15) is 5.75 Å². The minimum Gasteiger partial charge on any atom is -0.497 e. The van der Waals surface area contributed by atoms with Crippen molar-refractivity contribution in [2.75, 3.05) is 17.7 Å². The molecular weight excluding hydrogens is 362 g/mol. The Morgan fingerprint density at radius 1 is 1.04 bits per heavy atom. The predicted octanol–water partition coefficient (Wildman–Crippen LogP) is 3.95. The van der Waals surface area contributed by atoms with Crippen LogP contribution in [0.1, 0.15) is 36.5 Å². The van der Waals surface area contributed by atoms with E-state index in [0.717, 1.165) is 12.8 Å². The predicted molar refractivity (Wildman–Crippen MR) is 111 cm³/mol. The van der Waals surface area contributed by atoms with Crippen LogP contribution in [0.3, 0.4) is 0 Å². The minimum atomic E-state index is -0.320. The van der Waals surface area contributed by atoms with Gasteiger partial charge in [0, 0.05) is 23.4 Å². The highest BCUT2D eigenvalue weighted by atomic mass is 32.1. The second kappa shape index (κ2) is 10.3. The van der Waals surface area contributed by atoms with E-state index in [1.807, 2.05) is 6.92 Å². The Bertz CT molecular complexity index is 806. The third-order valence-corrected chi connectivity index (χ3v) is 3.94. The first-order valence-electron chi connectivity index (χ1n) is 8.68. The lowest BCUT2D eigenvalue weighted by Gasteiger charge is -2.11. The molecule has 3 N–H and O–H groups in total. The van der Waals surface area contributed by atoms with E-state index in [0.29, 0.717) is 29.1 Å². The van der Waals surface area contributed by atoms with Crippen LogP contribution in [0.15, 0.2) is 48.5 Å². The summed E-state index contributed by atoms with van der Waals surface area (Å²) in [5.74, 6) is 0.327. The van der Waals surface area contributed by atoms with Gasteiger partial charge in [-0.05, 0) is 61.1 Å². The highest BCUT2D eigenvalue weighted by molar-refractivity contribution is 7.80. The smallest absolute Gasteiger partial charge is 0.257 e. The van der Waals surface area contributed by atoms with Crippen LogP contribution in [-0.2, 0) is 4.79 Å². The molecule has 2 rings (SSSR count). The van der Waals surface area contributed by atoms with E-state index in [1.54, 1.807) is 55.6 Å². The highest BCUT2D eigenvalue weighted by Crippen LogP contribution is 2.16. The fraction of sp³-hybridized carbons (Fsp3) is 0.250. The number of unbranched alkanes of at least 4 members (excludes halogenated alkanes) is 1. The maximum atomic E-state index is 12.2. The molecule has 0 aliphatic carbocycles. The third-order valence-electron chi connectivity index (χ3n) is 3.74. The number of carbonyl (C=O) groups is 2. The molecule has 142 valence electrons. The first-order valence-corrected chi connectivity index (χ1v) is 9.09. The molecule has 27 heavy (non-hydrogen) atoms. The van der Waals surface area contributed by atoms with E-state index in [-0.39, 0.29) is 16.9 Å². The van der Waals surface area contributed by atoms with Crippen LogP contribution in [-0.4, -0.2) is 24.0 Å². The number of hydrogen-bond donors (Lipinski definition) is 3. The number of thiocarbonyl (C=S) groups is 1. The lowest BCUT2D eigenvalue weighted by atomic mass is 10.2. The Labute approximate surface area is 164 Å². The molecule has 2 aromatic rings. The molecule has 0 spiro atoms. The third kappa shape index (κ3) is 6.71. The van der Waals surface area contributed by atoms with Crippen LogP contribution in [0.25, 0.3) is 0 Å². The maximum Gasteiger partial charge on any atom is 0.257 e. The average Bonchev–Trinajstić information content (AvgIpc) is 2.66. The summed E-state index contributed by atoms with van der Waals surface area (Å²) in [6, 6.07) is 13.9. The van der Waals surface area contributed by atoms with Crippen molar-refractivity contribution in [3.05, 3.63) is 54.1 Å². The lowest BCUT2D eigenvalue weighted by molar-refractivity contribution is -0.116. The molecule has 0 atom stereocenters. The molecule has 0 heterocycles. The molecule has 0 saturated carbocycles. The first kappa shape index (κ1) is 20.4. The van der Waals surface area contributed by atoms with Gasteiger partial charge in [-0.2, -0.15) is 0 Å². The number of rotatable bonds is 7. The van der Waals surface area contributed by atoms with Gasteiger partial charge in [-0.3, -0.25) is 14.9 Å². The quantitative estimate of drug-likeness (QED) is 0.629. The standard InChI is InChI=1S/C20H23N3O3S/c1-3-4-8-18(24)21-15-6-5-7-16(13-15)22-20(27)23-19(25)14-9-11-17(26-2)12-10-14/h5-7,9-13H,3-4,8H2,1-2H3,(H,21,24)(H2,22,23,25,27). The molecule has 0 saturated heterocycles. The number of anilines is 2. The van der Waals surface area contributed by atoms with Gasteiger partial charge in [-0.25, -0.2) is 0 Å². The number of methoxy groups -OCH3 is 1. The van der Waals surface area contributed by atoms with E-state index in [4.69, 9.17) is 17.0 Å². The molecule has 6 nitrogen and oxygen atoms in total. The van der Waals surface area contributed by atoms with Crippen molar-refractivity contribution >= 4 is 40.5 Å². The molecule has 0 aliphatic rings. The van der Waals surface area contributed by atoms with Crippen LogP contribution >= 0.6 is 12.2 Å². The van der Waals surface area contributed by atoms with Crippen LogP contribution in [0.4, 0.5) is 11.4 Å². The topological polar surface area (TPSA) is 79.5 Å². The number of nitrogens with one attached hydrogen (secondary N) is 3. The summed E-state index contributed by atoms with van der Waals surface area (Å²) in [6.07, 6.45) is 2.31. The van der Waals surface area contributed by atoms with E-state index in [9.17, 15) is 9.59 Å². The number of hydrogen-bond acceptors (Lipinski definition) is 4. The Morgan fingerprint density at radius 3 is 2.33 bits per heavy atom. The molecule has 7 heteroatoms. The fourth-order valence-electron chi connectivity index (χ4n) is 2.32. The largest absolute Gasteiger partial charge is 0.497 e. The van der Waals surface area contributed by atoms with Gasteiger partial charge >= 0.3 is 0 Å². The molecule has 2 aromatic carbocycles. The summed E-state index contributed by atoms with van der Waals surface area (Å²) in [5, 5.41) is 8.59. The van der Waals surface area contributed by atoms with Crippen molar-refractivity contribution in [1.82, 2.24) is 5.32 Å². The van der Waals surface area contributed by atoms with Gasteiger partial charge in [0.15, 0.2) is 5.11 Å². The first-order chi connectivity index (χ1) is 13.0. The van der Waals surface area contributed by atoms with Crippen molar-refractivity contribution in [1.29, 1.82) is 0 Å². The number of carbonyl (C=O) groups excluding carboxylic acids is 2. The van der Waals surface area contributed by atoms with Crippen LogP contribution in [0.2, 0.25) is 0 Å². The van der Waals surface area contributed by atoms with E-state index in [2.05, 4.69) is 16.0 Å². The van der Waals surface area contributed by atoms with Crippen molar-refractivity contribution in [3.63, 3.8) is 0 Å². The summed E-state index contributed by atoms with van der Waals surface area (Å²) in [6.45, 7) is 2.04. The van der Waals surface area contributed by atoms with Gasteiger partial charge in [-0.1, -0.05) is 19.4 Å². The molecule has 0 radical (unpaired) electrons. The van der Waals surface area contributed by atoms with Crippen molar-refractivity contribution < 1.29 is 14.3 Å². The second-order valence-electron chi connectivity index (χ2n) is 5.87. The zero-order valence-electron chi connectivity index (χ0n) is 15.4. The molecule has 0 unspecified atom stereocenters. The molecule has 0 fully saturated rings. The molecular formula is C20H23N3O3S. The van der Waals surface area contributed by atoms with E-state index >= 15 is 0 Å². The fourth-order valence-corrected chi connectivity index (χ4v) is 2.53. The molecule has 2 amide bonds. The van der Waals surface area contributed by atoms with Crippen LogP contribution < -0.4 is 20.7 Å². The van der Waals surface area contributed by atoms with Crippen molar-refractivity contribution in [3.8, 4) is 5.75 Å². The number of amides is 2. The second-order valence-corrected chi connectivity index (χ2v) is 6.28. The zero-order valence-corrected chi connectivity index (χ0v) is 16.2. The Balaban J connectivity index is 1.91. The van der Waals surface area contributed by atoms with Gasteiger partial charge in [0.25, 0.3) is 5.91 Å². The van der Waals surface area contributed by atoms with Gasteiger partial charge in [-0.15, -0.1) is 0 Å². The minimum absolute atomic E-state index is 0.0237. The van der Waals surface area contributed by atoms with E-state index in [1.165, 1.54) is 0 Å². The Hall–Kier alpha value is -2.93. The highest BCUT2D eigenvalue weighted by Gasteiger charge is 2.09. The summed E-state index contributed by atoms with van der Waals surface area (Å²) in [4.78, 5) is 24.1. The molecule has 0 aliphatic heterocycles. The van der Waals surface area contributed by atoms with Crippen LogP contribution in [0, 0.1) is 0 Å². The summed E-state index contributed by atoms with van der Waals surface area (Å²) in [7, 11) is 1.56. The SMILES string of the molecule is CCCCC(=O)Nc1cccc(NC(=S)NC(=O)c2ccc(OC)cc2)c1. The van der Waals surface area contributed by atoms with Crippen molar-refractivity contribution in [2.45, 2.75) is 26.2 Å². The summed E-state index contributed by atoms with van der Waals surface area (Å²) < 4.78 is 5.07. The Kier molecular flexibility index (Phi) is 7.76. The summed E-state index contributed by atoms with van der Waals surface area (Å²) >= 11 is 5.19. The number of ether oxygens (including phenoxy) is 1. The van der Waals surface area contributed by atoms with Gasteiger partial charge in [0.05, 0.1) is 7.11 Å². The average molecular weight is 385 g/mol. The number of benzene rings is 2. The molecule has 0 bridgehead atoms. The summed E-state index contributed by atoms with van der Waals surface area (Å²) in [5.41, 5.74) is 1.81. The normalized spacial score (nSPS) is 10.0. The molecule has 0 aromatic heterocycles. The van der Waals surface area contributed by atoms with Crippen LogP contribution in [0.5, 0.6) is 5.75 Å². The lowest BCUT2D eigenvalue weighted by Crippen LogP contribution is -2.34. The van der Waals surface area contributed by atoms with Gasteiger partial charge in [0.2, 0.25) is 5.91 Å². The monoisotopic (exact) mass is 385 g/mol. The van der Waals surface area contributed by atoms with E-state index < -0.39 is 0 Å². The van der Waals surface area contributed by atoms with Crippen molar-refractivity contribution in [2.24, 2.45) is 0 Å². The zero-order chi connectivity index (χ0) is 19.6.